The highest BCUT2D eigenvalue weighted by molar-refractivity contribution is 5.90. The summed E-state index contributed by atoms with van der Waals surface area (Å²) in [6.07, 6.45) is 6.80. The molecule has 2 aromatic heterocycles. The SMILES string of the molecule is COC(=O)c1ccnc(-c2ncc(CN(C)C3CCN(Cc4ccccc4)CC3)n2CCc2ccc(C)cc2)c1. The Bertz CT molecular complexity index is 1390. The molecule has 0 spiro atoms. The molecule has 1 saturated heterocycles. The lowest BCUT2D eigenvalue weighted by molar-refractivity contribution is 0.0600. The predicted octanol–water partition coefficient (Wildman–Crippen LogP) is 5.38. The highest BCUT2D eigenvalue weighted by Crippen LogP contribution is 2.24. The van der Waals surface area contributed by atoms with E-state index in [0.717, 1.165) is 63.5 Å². The van der Waals surface area contributed by atoms with Crippen molar-refractivity contribution in [2.75, 3.05) is 27.2 Å². The van der Waals surface area contributed by atoms with Crippen molar-refractivity contribution >= 4 is 5.97 Å². The smallest absolute Gasteiger partial charge is 0.337 e. The lowest BCUT2D eigenvalue weighted by Gasteiger charge is -2.37. The highest BCUT2D eigenvalue weighted by atomic mass is 16.5. The summed E-state index contributed by atoms with van der Waals surface area (Å²) < 4.78 is 7.20. The van der Waals surface area contributed by atoms with Gasteiger partial charge in [0.15, 0.2) is 5.82 Å². The Labute approximate surface area is 237 Å². The normalized spacial score (nSPS) is 14.5. The molecule has 0 N–H and O–H groups in total. The van der Waals surface area contributed by atoms with E-state index in [-0.39, 0.29) is 5.97 Å². The molecule has 0 aliphatic carbocycles. The maximum absolute atomic E-state index is 12.2. The van der Waals surface area contributed by atoms with Gasteiger partial charge in [0.05, 0.1) is 24.6 Å². The van der Waals surface area contributed by atoms with Gasteiger partial charge < -0.3 is 9.30 Å². The number of nitrogens with zero attached hydrogens (tertiary/aromatic N) is 5. The standard InChI is InChI=1S/C33H39N5O2/c1-25-9-11-26(12-10-25)14-20-38-30(22-35-32(38)31-21-28(13-17-34-31)33(39)40-3)24-36(2)29-15-18-37(19-16-29)23-27-7-5-4-6-8-27/h4-13,17,21-22,29H,14-16,18-20,23-24H2,1-3H3. The van der Waals surface area contributed by atoms with Crippen LogP contribution in [0.15, 0.2) is 79.1 Å². The molecule has 208 valence electrons. The summed E-state index contributed by atoms with van der Waals surface area (Å²) >= 11 is 0. The second-order valence-corrected chi connectivity index (χ2v) is 10.8. The zero-order chi connectivity index (χ0) is 27.9. The van der Waals surface area contributed by atoms with E-state index in [0.29, 0.717) is 17.3 Å². The van der Waals surface area contributed by atoms with Crippen LogP contribution in [0.3, 0.4) is 0 Å². The van der Waals surface area contributed by atoms with Crippen LogP contribution in [-0.2, 0) is 30.8 Å². The third kappa shape index (κ3) is 6.84. The number of carbonyl (C=O) groups excluding carboxylic acids is 1. The number of rotatable bonds is 10. The third-order valence-electron chi connectivity index (χ3n) is 7.93. The summed E-state index contributed by atoms with van der Waals surface area (Å²) in [5.41, 5.74) is 6.22. The van der Waals surface area contributed by atoms with Crippen molar-refractivity contribution < 1.29 is 9.53 Å². The van der Waals surface area contributed by atoms with Crippen molar-refractivity contribution in [1.82, 2.24) is 24.3 Å². The van der Waals surface area contributed by atoms with Crippen molar-refractivity contribution in [1.29, 1.82) is 0 Å². The first kappa shape index (κ1) is 27.7. The van der Waals surface area contributed by atoms with E-state index >= 15 is 0 Å². The van der Waals surface area contributed by atoms with E-state index in [9.17, 15) is 4.79 Å². The molecule has 1 aliphatic rings. The molecule has 7 heteroatoms. The van der Waals surface area contributed by atoms with Crippen LogP contribution >= 0.6 is 0 Å². The van der Waals surface area contributed by atoms with Gasteiger partial charge >= 0.3 is 5.97 Å². The van der Waals surface area contributed by atoms with Crippen LogP contribution < -0.4 is 0 Å². The zero-order valence-electron chi connectivity index (χ0n) is 23.8. The maximum atomic E-state index is 12.2. The molecule has 7 nitrogen and oxygen atoms in total. The lowest BCUT2D eigenvalue weighted by Crippen LogP contribution is -2.43. The minimum Gasteiger partial charge on any atom is -0.465 e. The van der Waals surface area contributed by atoms with Gasteiger partial charge in [-0.1, -0.05) is 60.2 Å². The number of aromatic nitrogens is 3. The topological polar surface area (TPSA) is 63.5 Å². The van der Waals surface area contributed by atoms with Gasteiger partial charge in [0, 0.05) is 31.9 Å². The predicted molar refractivity (Wildman–Crippen MR) is 158 cm³/mol. The Morgan fingerprint density at radius 1 is 1.00 bits per heavy atom. The second-order valence-electron chi connectivity index (χ2n) is 10.8. The monoisotopic (exact) mass is 537 g/mol. The number of piperidine rings is 1. The van der Waals surface area contributed by atoms with Crippen molar-refractivity contribution in [3.8, 4) is 11.5 Å². The fourth-order valence-electron chi connectivity index (χ4n) is 5.53. The van der Waals surface area contributed by atoms with E-state index in [1.165, 1.54) is 23.8 Å². The Morgan fingerprint density at radius 2 is 1.75 bits per heavy atom. The van der Waals surface area contributed by atoms with Crippen molar-refractivity contribution in [2.24, 2.45) is 0 Å². The number of aryl methyl sites for hydroxylation is 2. The molecular formula is C33H39N5O2. The van der Waals surface area contributed by atoms with E-state index in [1.807, 2.05) is 6.20 Å². The fourth-order valence-corrected chi connectivity index (χ4v) is 5.53. The fraction of sp³-hybridized carbons (Fsp3) is 0.364. The minimum absolute atomic E-state index is 0.375. The number of hydrogen-bond donors (Lipinski definition) is 0. The van der Waals surface area contributed by atoms with Crippen LogP contribution in [0.2, 0.25) is 0 Å². The molecule has 1 fully saturated rings. The van der Waals surface area contributed by atoms with E-state index < -0.39 is 0 Å². The van der Waals surface area contributed by atoms with Gasteiger partial charge in [0.2, 0.25) is 0 Å². The number of pyridine rings is 1. The molecule has 0 atom stereocenters. The number of esters is 1. The number of ether oxygens (including phenoxy) is 1. The summed E-state index contributed by atoms with van der Waals surface area (Å²) in [5.74, 6) is 0.402. The first-order valence-corrected chi connectivity index (χ1v) is 14.1. The quantitative estimate of drug-likeness (QED) is 0.253. The minimum atomic E-state index is -0.375. The van der Waals surface area contributed by atoms with Crippen LogP contribution in [0, 0.1) is 6.92 Å². The molecule has 2 aromatic carbocycles. The van der Waals surface area contributed by atoms with E-state index in [4.69, 9.17) is 9.72 Å². The van der Waals surface area contributed by atoms with Gasteiger partial charge in [-0.2, -0.15) is 0 Å². The molecule has 0 bridgehead atoms. The Morgan fingerprint density at radius 3 is 2.48 bits per heavy atom. The number of hydrogen-bond acceptors (Lipinski definition) is 6. The number of methoxy groups -OCH3 is 1. The van der Waals surface area contributed by atoms with Gasteiger partial charge in [-0.05, 0) is 69.6 Å². The Balaban J connectivity index is 1.31. The van der Waals surface area contributed by atoms with Crippen molar-refractivity contribution in [3.63, 3.8) is 0 Å². The highest BCUT2D eigenvalue weighted by Gasteiger charge is 2.24. The van der Waals surface area contributed by atoms with Crippen molar-refractivity contribution in [2.45, 2.75) is 51.9 Å². The second kappa shape index (κ2) is 13.0. The maximum Gasteiger partial charge on any atom is 0.337 e. The Hall–Kier alpha value is -3.81. The number of carbonyl (C=O) groups is 1. The largest absolute Gasteiger partial charge is 0.465 e. The molecule has 0 unspecified atom stereocenters. The van der Waals surface area contributed by atoms with Gasteiger partial charge in [0.25, 0.3) is 0 Å². The molecule has 40 heavy (non-hydrogen) atoms. The first-order valence-electron chi connectivity index (χ1n) is 14.1. The van der Waals surface area contributed by atoms with Crippen molar-refractivity contribution in [3.05, 3.63) is 107 Å². The van der Waals surface area contributed by atoms with Crippen LogP contribution in [0.25, 0.3) is 11.5 Å². The molecule has 5 rings (SSSR count). The zero-order valence-corrected chi connectivity index (χ0v) is 23.8. The summed E-state index contributed by atoms with van der Waals surface area (Å²) in [6, 6.07) is 23.4. The average Bonchev–Trinajstić information content (AvgIpc) is 3.39. The summed E-state index contributed by atoms with van der Waals surface area (Å²) in [7, 11) is 3.62. The number of likely N-dealkylation sites (tertiary alicyclic amines) is 1. The molecular weight excluding hydrogens is 498 g/mol. The van der Waals surface area contributed by atoms with Gasteiger partial charge in [-0.25, -0.2) is 9.78 Å². The molecule has 1 aliphatic heterocycles. The molecule has 0 saturated carbocycles. The molecule has 3 heterocycles. The molecule has 0 radical (unpaired) electrons. The third-order valence-corrected chi connectivity index (χ3v) is 7.93. The van der Waals surface area contributed by atoms with Gasteiger partial charge in [0.1, 0.15) is 5.69 Å². The van der Waals surface area contributed by atoms with Crippen LogP contribution in [0.5, 0.6) is 0 Å². The van der Waals surface area contributed by atoms with E-state index in [1.54, 1.807) is 18.3 Å². The molecule has 4 aromatic rings. The number of benzene rings is 2. The van der Waals surface area contributed by atoms with Crippen LogP contribution in [-0.4, -0.2) is 63.6 Å². The van der Waals surface area contributed by atoms with Crippen LogP contribution in [0.1, 0.15) is 45.6 Å². The lowest BCUT2D eigenvalue weighted by atomic mass is 10.0. The van der Waals surface area contributed by atoms with Gasteiger partial charge in [-0.15, -0.1) is 0 Å². The van der Waals surface area contributed by atoms with E-state index in [2.05, 4.69) is 87.9 Å². The molecule has 0 amide bonds. The average molecular weight is 538 g/mol. The summed E-state index contributed by atoms with van der Waals surface area (Å²) in [5, 5.41) is 0. The number of imidazole rings is 1. The summed E-state index contributed by atoms with van der Waals surface area (Å²) in [6.45, 7) is 6.92. The first-order chi connectivity index (χ1) is 19.5. The van der Waals surface area contributed by atoms with Crippen LogP contribution in [0.4, 0.5) is 0 Å². The summed E-state index contributed by atoms with van der Waals surface area (Å²) in [4.78, 5) is 26.6. The Kier molecular flexibility index (Phi) is 9.04. The van der Waals surface area contributed by atoms with Gasteiger partial charge in [-0.3, -0.25) is 14.8 Å².